The van der Waals surface area contributed by atoms with Crippen LogP contribution in [0.25, 0.3) is 11.1 Å². The lowest BCUT2D eigenvalue weighted by atomic mass is 9.90. The molecule has 7 heteroatoms. The molecule has 1 aromatic carbocycles. The highest BCUT2D eigenvalue weighted by molar-refractivity contribution is 6.10. The van der Waals surface area contributed by atoms with Crippen LogP contribution in [-0.2, 0) is 4.74 Å². The van der Waals surface area contributed by atoms with Crippen LogP contribution in [0.2, 0.25) is 0 Å². The van der Waals surface area contributed by atoms with Crippen LogP contribution >= 0.6 is 0 Å². The molecule has 7 nitrogen and oxygen atoms in total. The Morgan fingerprint density at radius 1 is 1.16 bits per heavy atom. The lowest BCUT2D eigenvalue weighted by Crippen LogP contribution is -2.33. The molecule has 1 aliphatic carbocycles. The number of hydrogen-bond acceptors (Lipinski definition) is 7. The van der Waals surface area contributed by atoms with Crippen LogP contribution < -0.4 is 10.2 Å². The molecular formula is C30H39N5O2. The van der Waals surface area contributed by atoms with Gasteiger partial charge in [-0.15, -0.1) is 0 Å². The molecule has 0 bridgehead atoms. The Morgan fingerprint density at radius 2 is 1.84 bits per heavy atom. The van der Waals surface area contributed by atoms with Crippen molar-refractivity contribution in [2.45, 2.75) is 71.8 Å². The van der Waals surface area contributed by atoms with E-state index in [-0.39, 0.29) is 30.2 Å². The van der Waals surface area contributed by atoms with Crippen molar-refractivity contribution in [1.82, 2.24) is 4.98 Å². The van der Waals surface area contributed by atoms with E-state index in [4.69, 9.17) is 15.1 Å². The van der Waals surface area contributed by atoms with Gasteiger partial charge in [0.1, 0.15) is 5.82 Å². The zero-order valence-corrected chi connectivity index (χ0v) is 22.3. The number of benzene rings is 1. The van der Waals surface area contributed by atoms with Crippen LogP contribution in [0.3, 0.4) is 0 Å². The molecule has 2 heterocycles. The second-order valence-electron chi connectivity index (χ2n) is 10.5. The molecule has 37 heavy (non-hydrogen) atoms. The molecule has 0 amide bonds. The van der Waals surface area contributed by atoms with Gasteiger partial charge in [-0.1, -0.05) is 45.2 Å². The zero-order valence-electron chi connectivity index (χ0n) is 22.3. The summed E-state index contributed by atoms with van der Waals surface area (Å²) in [7, 11) is 0. The molecule has 2 N–H and O–H groups in total. The third-order valence-electron chi connectivity index (χ3n) is 7.52. The van der Waals surface area contributed by atoms with Gasteiger partial charge in [0.05, 0.1) is 12.7 Å². The van der Waals surface area contributed by atoms with Gasteiger partial charge in [0, 0.05) is 42.0 Å². The highest BCUT2D eigenvalue weighted by Crippen LogP contribution is 2.35. The van der Waals surface area contributed by atoms with Crippen molar-refractivity contribution in [3.05, 3.63) is 41.6 Å². The molecule has 0 unspecified atom stereocenters. The van der Waals surface area contributed by atoms with Gasteiger partial charge >= 0.3 is 5.97 Å². The minimum atomic E-state index is -0.449. The summed E-state index contributed by atoms with van der Waals surface area (Å²) in [6.45, 7) is 7.85. The van der Waals surface area contributed by atoms with E-state index in [0.29, 0.717) is 11.5 Å². The number of ether oxygens (including phenoxy) is 1. The lowest BCUT2D eigenvalue weighted by molar-refractivity contribution is 0.0519. The topological polar surface area (TPSA) is 102 Å². The van der Waals surface area contributed by atoms with Crippen molar-refractivity contribution in [2.24, 2.45) is 11.8 Å². The summed E-state index contributed by atoms with van der Waals surface area (Å²) in [6.07, 6.45) is 7.49. The molecule has 0 spiro atoms. The summed E-state index contributed by atoms with van der Waals surface area (Å²) in [5, 5.41) is 21.8. The van der Waals surface area contributed by atoms with Crippen molar-refractivity contribution >= 4 is 23.2 Å². The average molecular weight is 502 g/mol. The first-order valence-corrected chi connectivity index (χ1v) is 13.7. The number of carbonyl (C=O) groups excluding carboxylic acids is 1. The number of piperidine rings is 1. The maximum absolute atomic E-state index is 12.8. The quantitative estimate of drug-likeness (QED) is 0.319. The van der Waals surface area contributed by atoms with Crippen LogP contribution in [-0.4, -0.2) is 42.4 Å². The van der Waals surface area contributed by atoms with Gasteiger partial charge in [0.15, 0.2) is 5.69 Å². The molecule has 1 aromatic heterocycles. The Morgan fingerprint density at radius 3 is 2.43 bits per heavy atom. The zero-order chi connectivity index (χ0) is 26.4. The molecule has 2 aliphatic rings. The Labute approximate surface area is 220 Å². The van der Waals surface area contributed by atoms with E-state index in [1.807, 2.05) is 13.8 Å². The number of nitrogens with one attached hydrogen (secondary N) is 2. The van der Waals surface area contributed by atoms with Gasteiger partial charge < -0.3 is 20.4 Å². The fourth-order valence-corrected chi connectivity index (χ4v) is 5.31. The second kappa shape index (κ2) is 12.2. The van der Waals surface area contributed by atoms with Crippen LogP contribution in [0, 0.1) is 28.6 Å². The number of esters is 1. The second-order valence-corrected chi connectivity index (χ2v) is 10.5. The molecule has 1 saturated carbocycles. The lowest BCUT2D eigenvalue weighted by Gasteiger charge is -2.31. The van der Waals surface area contributed by atoms with Gasteiger partial charge in [0.25, 0.3) is 0 Å². The molecule has 2 fully saturated rings. The summed E-state index contributed by atoms with van der Waals surface area (Å²) < 4.78 is 5.32. The van der Waals surface area contributed by atoms with Crippen LogP contribution in [0.4, 0.5) is 11.5 Å². The summed E-state index contributed by atoms with van der Waals surface area (Å²) in [6, 6.07) is 12.8. The van der Waals surface area contributed by atoms with Crippen molar-refractivity contribution in [3.8, 4) is 17.2 Å². The predicted molar refractivity (Wildman–Crippen MR) is 148 cm³/mol. The van der Waals surface area contributed by atoms with Crippen molar-refractivity contribution in [2.75, 3.05) is 29.9 Å². The van der Waals surface area contributed by atoms with Gasteiger partial charge in [-0.05, 0) is 67.9 Å². The molecule has 4 rings (SSSR count). The molecule has 1 saturated heterocycles. The van der Waals surface area contributed by atoms with E-state index < -0.39 is 5.97 Å². The van der Waals surface area contributed by atoms with E-state index in [2.05, 4.69) is 40.6 Å². The minimum absolute atomic E-state index is 0.00148. The fourth-order valence-electron chi connectivity index (χ4n) is 5.31. The van der Waals surface area contributed by atoms with Gasteiger partial charge in [-0.3, -0.25) is 0 Å². The Balaban J connectivity index is 1.75. The van der Waals surface area contributed by atoms with Crippen LogP contribution in [0.5, 0.6) is 0 Å². The molecule has 0 atom stereocenters. The minimum Gasteiger partial charge on any atom is -0.461 e. The Bertz CT molecular complexity index is 1140. The standard InChI is InChI=1S/C30H39N5O2/c1-4-37-30(36)26-18-25(22-10-12-24(13-11-22)35-16-14-21(19-31)15-17-35)27(28(32)20(2)3)29(34-26)33-23-8-6-5-7-9-23/h10-13,18,20-21,23,32H,4-9,14-17H2,1-3H3,(H,33,34). The monoisotopic (exact) mass is 501 g/mol. The van der Waals surface area contributed by atoms with Crippen molar-refractivity contribution < 1.29 is 9.53 Å². The first-order valence-electron chi connectivity index (χ1n) is 13.7. The van der Waals surface area contributed by atoms with Gasteiger partial charge in [0.2, 0.25) is 0 Å². The third kappa shape index (κ3) is 6.30. The van der Waals surface area contributed by atoms with E-state index in [9.17, 15) is 10.1 Å². The normalized spacial score (nSPS) is 16.9. The number of nitriles is 1. The SMILES string of the molecule is CCOC(=O)c1cc(-c2ccc(N3CCC(C#N)CC3)cc2)c(C(=N)C(C)C)c(NC2CCCCC2)n1. The predicted octanol–water partition coefficient (Wildman–Crippen LogP) is 6.43. The van der Waals surface area contributed by atoms with Crippen molar-refractivity contribution in [3.63, 3.8) is 0 Å². The molecule has 2 aromatic rings. The highest BCUT2D eigenvalue weighted by Gasteiger charge is 2.25. The summed E-state index contributed by atoms with van der Waals surface area (Å²) in [4.78, 5) is 19.8. The number of nitrogens with zero attached hydrogens (tertiary/aromatic N) is 3. The van der Waals surface area contributed by atoms with E-state index in [1.54, 1.807) is 13.0 Å². The molecule has 196 valence electrons. The molecular weight excluding hydrogens is 462 g/mol. The maximum Gasteiger partial charge on any atom is 0.357 e. The average Bonchev–Trinajstić information content (AvgIpc) is 2.93. The Kier molecular flexibility index (Phi) is 8.81. The van der Waals surface area contributed by atoms with Gasteiger partial charge in [-0.2, -0.15) is 5.26 Å². The number of carbonyl (C=O) groups is 1. The summed E-state index contributed by atoms with van der Waals surface area (Å²) >= 11 is 0. The number of anilines is 2. The third-order valence-corrected chi connectivity index (χ3v) is 7.52. The van der Waals surface area contributed by atoms with E-state index in [0.717, 1.165) is 61.2 Å². The number of pyridine rings is 1. The van der Waals surface area contributed by atoms with Gasteiger partial charge in [-0.25, -0.2) is 9.78 Å². The van der Waals surface area contributed by atoms with E-state index in [1.165, 1.54) is 19.3 Å². The smallest absolute Gasteiger partial charge is 0.357 e. The van der Waals surface area contributed by atoms with Crippen molar-refractivity contribution in [1.29, 1.82) is 10.7 Å². The number of rotatable bonds is 8. The number of hydrogen-bond donors (Lipinski definition) is 2. The fraction of sp³-hybridized carbons (Fsp3) is 0.533. The Hall–Kier alpha value is -3.40. The van der Waals surface area contributed by atoms with Crippen LogP contribution in [0.15, 0.2) is 30.3 Å². The molecule has 0 radical (unpaired) electrons. The summed E-state index contributed by atoms with van der Waals surface area (Å²) in [5.41, 5.74) is 4.41. The summed E-state index contributed by atoms with van der Waals surface area (Å²) in [5.74, 6) is 0.304. The highest BCUT2D eigenvalue weighted by atomic mass is 16.5. The number of aromatic nitrogens is 1. The maximum atomic E-state index is 12.8. The largest absolute Gasteiger partial charge is 0.461 e. The first kappa shape index (κ1) is 26.7. The first-order chi connectivity index (χ1) is 17.9. The van der Waals surface area contributed by atoms with E-state index >= 15 is 0 Å². The molecule has 1 aliphatic heterocycles. The van der Waals surface area contributed by atoms with Crippen LogP contribution in [0.1, 0.15) is 81.8 Å².